The molecule has 0 aliphatic rings. The number of hydrogen-bond acceptors (Lipinski definition) is 3. The lowest BCUT2D eigenvalue weighted by molar-refractivity contribution is -0.112. The third kappa shape index (κ3) is 13.9. The second-order valence-corrected chi connectivity index (χ2v) is 2.77. The van der Waals surface area contributed by atoms with Crippen LogP contribution in [0.25, 0.3) is 0 Å². The first-order valence-corrected chi connectivity index (χ1v) is 5.01. The van der Waals surface area contributed by atoms with Gasteiger partial charge in [0, 0.05) is 20.2 Å². The van der Waals surface area contributed by atoms with Gasteiger partial charge in [-0.1, -0.05) is 19.9 Å². The van der Waals surface area contributed by atoms with Crippen molar-refractivity contribution < 1.29 is 9.53 Å². The highest BCUT2D eigenvalue weighted by Gasteiger charge is 1.93. The molecule has 0 atom stereocenters. The van der Waals surface area contributed by atoms with Crippen molar-refractivity contribution in [2.45, 2.75) is 20.8 Å². The Kier molecular flexibility index (Phi) is 13.9. The summed E-state index contributed by atoms with van der Waals surface area (Å²) in [6.45, 7) is 7.96. The van der Waals surface area contributed by atoms with Gasteiger partial charge < -0.3 is 9.64 Å². The minimum absolute atomic E-state index is 0.0927. The molecule has 0 radical (unpaired) electrons. The van der Waals surface area contributed by atoms with Crippen LogP contribution in [0.2, 0.25) is 0 Å². The van der Waals surface area contributed by atoms with E-state index in [-0.39, 0.29) is 5.78 Å². The molecule has 0 aliphatic heterocycles. The van der Waals surface area contributed by atoms with Gasteiger partial charge in [0.05, 0.1) is 6.61 Å². The molecule has 3 heteroatoms. The number of hydrogen-bond donors (Lipinski definition) is 0. The van der Waals surface area contributed by atoms with Gasteiger partial charge in [0.2, 0.25) is 0 Å². The van der Waals surface area contributed by atoms with Crippen LogP contribution in [-0.4, -0.2) is 44.5 Å². The summed E-state index contributed by atoms with van der Waals surface area (Å²) in [6.07, 6.45) is 3.45. The van der Waals surface area contributed by atoms with Crippen molar-refractivity contribution in [3.63, 3.8) is 0 Å². The largest absolute Gasteiger partial charge is 0.383 e. The lowest BCUT2D eigenvalue weighted by atomic mass is 10.4. The fourth-order valence-electron chi connectivity index (χ4n) is 0.737. The molecule has 0 unspecified atom stereocenters. The molecule has 0 saturated heterocycles. The molecular weight excluding hydrogens is 178 g/mol. The van der Waals surface area contributed by atoms with E-state index in [1.807, 2.05) is 27.0 Å². The molecule has 0 N–H and O–H groups in total. The van der Waals surface area contributed by atoms with E-state index in [0.29, 0.717) is 0 Å². The SMILES string of the molecule is CC.COCCN(C)C/C=C/C(C)=O. The third-order valence-electron chi connectivity index (χ3n) is 1.45. The van der Waals surface area contributed by atoms with E-state index in [0.717, 1.165) is 19.7 Å². The monoisotopic (exact) mass is 201 g/mol. The lowest BCUT2D eigenvalue weighted by Gasteiger charge is -2.12. The minimum atomic E-state index is 0.0927. The number of likely N-dealkylation sites (N-methyl/N-ethyl adjacent to an activating group) is 1. The maximum Gasteiger partial charge on any atom is 0.152 e. The lowest BCUT2D eigenvalue weighted by Crippen LogP contribution is -2.22. The number of ether oxygens (including phenoxy) is 1. The quantitative estimate of drug-likeness (QED) is 0.613. The molecule has 0 aromatic heterocycles. The summed E-state index contributed by atoms with van der Waals surface area (Å²) in [6, 6.07) is 0. The van der Waals surface area contributed by atoms with Crippen molar-refractivity contribution in [3.05, 3.63) is 12.2 Å². The molecule has 0 aliphatic carbocycles. The highest BCUT2D eigenvalue weighted by molar-refractivity contribution is 5.87. The Morgan fingerprint density at radius 3 is 2.43 bits per heavy atom. The van der Waals surface area contributed by atoms with Gasteiger partial charge in [0.1, 0.15) is 0 Å². The molecule has 14 heavy (non-hydrogen) atoms. The van der Waals surface area contributed by atoms with Crippen molar-refractivity contribution in [3.8, 4) is 0 Å². The first kappa shape index (κ1) is 15.8. The van der Waals surface area contributed by atoms with Crippen LogP contribution in [0.1, 0.15) is 20.8 Å². The number of ketones is 1. The highest BCUT2D eigenvalue weighted by atomic mass is 16.5. The fraction of sp³-hybridized carbons (Fsp3) is 0.727. The zero-order valence-electron chi connectivity index (χ0n) is 10.0. The Labute approximate surface area is 87.7 Å². The molecule has 0 aromatic carbocycles. The van der Waals surface area contributed by atoms with Gasteiger partial charge >= 0.3 is 0 Å². The van der Waals surface area contributed by atoms with E-state index >= 15 is 0 Å². The fourth-order valence-corrected chi connectivity index (χ4v) is 0.737. The number of allylic oxidation sites excluding steroid dienone is 1. The molecule has 0 bridgehead atoms. The van der Waals surface area contributed by atoms with Crippen molar-refractivity contribution >= 4 is 5.78 Å². The van der Waals surface area contributed by atoms with E-state index in [4.69, 9.17) is 4.74 Å². The zero-order chi connectivity index (χ0) is 11.4. The topological polar surface area (TPSA) is 29.5 Å². The summed E-state index contributed by atoms with van der Waals surface area (Å²) in [5, 5.41) is 0. The van der Waals surface area contributed by atoms with Gasteiger partial charge in [-0.25, -0.2) is 0 Å². The standard InChI is InChI=1S/C9H17NO2.C2H6/c1-9(11)5-4-6-10(2)7-8-12-3;1-2/h4-5H,6-8H2,1-3H3;1-2H3/b5-4+;. The van der Waals surface area contributed by atoms with Crippen LogP contribution in [0.5, 0.6) is 0 Å². The van der Waals surface area contributed by atoms with E-state index in [2.05, 4.69) is 4.90 Å². The molecule has 3 nitrogen and oxygen atoms in total. The van der Waals surface area contributed by atoms with Crippen molar-refractivity contribution in [1.29, 1.82) is 0 Å². The summed E-state index contributed by atoms with van der Waals surface area (Å²) in [5.41, 5.74) is 0. The second-order valence-electron chi connectivity index (χ2n) is 2.77. The van der Waals surface area contributed by atoms with Crippen LogP contribution in [0.4, 0.5) is 0 Å². The van der Waals surface area contributed by atoms with Crippen LogP contribution in [-0.2, 0) is 9.53 Å². The number of carbonyl (C=O) groups is 1. The van der Waals surface area contributed by atoms with E-state index in [1.165, 1.54) is 0 Å². The molecule has 0 aromatic rings. The Balaban J connectivity index is 0. The first-order valence-electron chi connectivity index (χ1n) is 5.01. The zero-order valence-corrected chi connectivity index (χ0v) is 10.0. The van der Waals surface area contributed by atoms with Crippen LogP contribution in [0.3, 0.4) is 0 Å². The van der Waals surface area contributed by atoms with E-state index in [9.17, 15) is 4.79 Å². The predicted octanol–water partition coefficient (Wildman–Crippen LogP) is 1.74. The Bertz CT molecular complexity index is 155. The summed E-state index contributed by atoms with van der Waals surface area (Å²) >= 11 is 0. The highest BCUT2D eigenvalue weighted by Crippen LogP contribution is 1.84. The maximum absolute atomic E-state index is 10.5. The Morgan fingerprint density at radius 2 is 2.00 bits per heavy atom. The number of methoxy groups -OCH3 is 1. The molecule has 84 valence electrons. The summed E-state index contributed by atoms with van der Waals surface area (Å²) in [4.78, 5) is 12.6. The normalized spacial score (nSPS) is 10.1. The van der Waals surface area contributed by atoms with E-state index in [1.54, 1.807) is 20.1 Å². The summed E-state index contributed by atoms with van der Waals surface area (Å²) in [7, 11) is 3.67. The Morgan fingerprint density at radius 1 is 1.43 bits per heavy atom. The van der Waals surface area contributed by atoms with Crippen molar-refractivity contribution in [2.24, 2.45) is 0 Å². The van der Waals surface area contributed by atoms with Crippen molar-refractivity contribution in [2.75, 3.05) is 33.9 Å². The average Bonchev–Trinajstić information content (AvgIpc) is 2.17. The van der Waals surface area contributed by atoms with Gasteiger partial charge in [-0.3, -0.25) is 4.79 Å². The summed E-state index contributed by atoms with van der Waals surface area (Å²) < 4.78 is 4.91. The minimum Gasteiger partial charge on any atom is -0.383 e. The molecule has 0 fully saturated rings. The third-order valence-corrected chi connectivity index (χ3v) is 1.45. The van der Waals surface area contributed by atoms with Crippen molar-refractivity contribution in [1.82, 2.24) is 4.90 Å². The molecule has 0 heterocycles. The molecule has 0 rings (SSSR count). The Hall–Kier alpha value is -0.670. The van der Waals surface area contributed by atoms with Gasteiger partial charge in [-0.05, 0) is 20.0 Å². The number of carbonyl (C=O) groups excluding carboxylic acids is 1. The predicted molar refractivity (Wildman–Crippen MR) is 60.5 cm³/mol. The molecule has 0 amide bonds. The summed E-state index contributed by atoms with van der Waals surface area (Å²) in [5.74, 6) is 0.0927. The second kappa shape index (κ2) is 12.3. The number of nitrogens with zero attached hydrogens (tertiary/aromatic N) is 1. The van der Waals surface area contributed by atoms with Gasteiger partial charge in [0.25, 0.3) is 0 Å². The molecule has 0 saturated carbocycles. The smallest absolute Gasteiger partial charge is 0.152 e. The van der Waals surface area contributed by atoms with Crippen LogP contribution in [0.15, 0.2) is 12.2 Å². The van der Waals surface area contributed by atoms with Gasteiger partial charge in [-0.2, -0.15) is 0 Å². The van der Waals surface area contributed by atoms with Crippen LogP contribution < -0.4 is 0 Å². The van der Waals surface area contributed by atoms with E-state index < -0.39 is 0 Å². The maximum atomic E-state index is 10.5. The first-order chi connectivity index (χ1) is 6.66. The molecular formula is C11H23NO2. The van der Waals surface area contributed by atoms with Crippen LogP contribution >= 0.6 is 0 Å². The van der Waals surface area contributed by atoms with Crippen LogP contribution in [0, 0.1) is 0 Å². The molecule has 0 spiro atoms. The average molecular weight is 201 g/mol. The van der Waals surface area contributed by atoms with Gasteiger partial charge in [0.15, 0.2) is 5.78 Å². The van der Waals surface area contributed by atoms with Gasteiger partial charge in [-0.15, -0.1) is 0 Å². The number of rotatable bonds is 6.